The number of carbonyl (C=O) groups is 1. The Hall–Kier alpha value is -0.853. The van der Waals surface area contributed by atoms with E-state index in [2.05, 4.69) is 38.7 Å². The second-order valence-corrected chi connectivity index (χ2v) is 12.1. The van der Waals surface area contributed by atoms with Crippen molar-refractivity contribution in [2.75, 3.05) is 6.61 Å². The number of rotatable bonds is 5. The maximum Gasteiger partial charge on any atom is 0.326 e. The fourth-order valence-electron chi connectivity index (χ4n) is 1.84. The molecule has 1 aliphatic rings. The number of Topliss-reactive ketones (excluding diaryl/α,β-unsaturated/α-hetero) is 1. The van der Waals surface area contributed by atoms with Gasteiger partial charge >= 0.3 is 6.21 Å². The van der Waals surface area contributed by atoms with Crippen molar-refractivity contribution < 1.29 is 23.5 Å². The van der Waals surface area contributed by atoms with Crippen LogP contribution in [-0.2, 0) is 18.7 Å². The average molecular weight is 314 g/mol. The molecule has 1 aliphatic heterocycles. The molecule has 21 heavy (non-hydrogen) atoms. The van der Waals surface area contributed by atoms with Crippen molar-refractivity contribution in [3.05, 3.63) is 5.53 Å². The van der Waals surface area contributed by atoms with Crippen molar-refractivity contribution in [1.29, 1.82) is 0 Å². The molecule has 120 valence electrons. The van der Waals surface area contributed by atoms with Gasteiger partial charge in [-0.25, -0.2) is 0 Å². The minimum atomic E-state index is -1.93. The smallest absolute Gasteiger partial charge is 0.326 e. The van der Waals surface area contributed by atoms with Crippen molar-refractivity contribution in [3.63, 3.8) is 0 Å². The maximum absolute atomic E-state index is 11.9. The third kappa shape index (κ3) is 4.56. The Morgan fingerprint density at radius 3 is 2.43 bits per heavy atom. The molecule has 7 heteroatoms. The van der Waals surface area contributed by atoms with Crippen LogP contribution in [0.15, 0.2) is 0 Å². The summed E-state index contributed by atoms with van der Waals surface area (Å²) >= 11 is 0. The highest BCUT2D eigenvalue weighted by atomic mass is 28.4. The molecule has 0 radical (unpaired) electrons. The lowest BCUT2D eigenvalue weighted by atomic mass is 10.1. The number of hydrogen-bond acceptors (Lipinski definition) is 4. The highest BCUT2D eigenvalue weighted by Crippen LogP contribution is 2.37. The molecule has 0 N–H and O–H groups in total. The number of carbonyl (C=O) groups excluding carboxylic acids is 1. The highest BCUT2D eigenvalue weighted by molar-refractivity contribution is 6.74. The van der Waals surface area contributed by atoms with Gasteiger partial charge in [-0.05, 0) is 32.0 Å². The topological polar surface area (TPSA) is 81.2 Å². The molecule has 0 saturated carbocycles. The van der Waals surface area contributed by atoms with Gasteiger partial charge in [0.2, 0.25) is 0 Å². The third-order valence-electron chi connectivity index (χ3n) is 4.06. The van der Waals surface area contributed by atoms with Crippen molar-refractivity contribution in [3.8, 4) is 0 Å². The SMILES string of the molecule is CC1(C)O[C@H](C(=O)C=[N+]=[N-])[C@@H](CO[Si](C)(C)C(C)(C)C)O1. The fraction of sp³-hybridized carbons (Fsp3) is 0.857. The van der Waals surface area contributed by atoms with E-state index >= 15 is 0 Å². The zero-order chi connectivity index (χ0) is 16.5. The first kappa shape index (κ1) is 18.2. The van der Waals surface area contributed by atoms with E-state index in [-0.39, 0.29) is 11.6 Å². The standard InChI is InChI=1S/C14H26N2O4Si/c1-13(2,3)21(6,7)18-9-11-12(10(17)8-16-15)20-14(4,5)19-11/h8,11-12H,9H2,1-7H3/t11-,12-/m1/s1. The highest BCUT2D eigenvalue weighted by Gasteiger charge is 2.47. The number of nitrogens with zero attached hydrogens (tertiary/aromatic N) is 2. The molecule has 6 nitrogen and oxygen atoms in total. The van der Waals surface area contributed by atoms with Gasteiger partial charge in [0.1, 0.15) is 6.10 Å². The van der Waals surface area contributed by atoms with Crippen LogP contribution in [-0.4, -0.2) is 49.7 Å². The van der Waals surface area contributed by atoms with Gasteiger partial charge in [0.05, 0.1) is 6.61 Å². The summed E-state index contributed by atoms with van der Waals surface area (Å²) < 4.78 is 17.4. The van der Waals surface area contributed by atoms with E-state index in [1.165, 1.54) is 0 Å². The summed E-state index contributed by atoms with van der Waals surface area (Å²) in [7, 11) is -1.93. The minimum Gasteiger partial charge on any atom is -0.414 e. The maximum atomic E-state index is 11.9. The van der Waals surface area contributed by atoms with E-state index in [0.717, 1.165) is 6.21 Å². The molecule has 1 rings (SSSR count). The zero-order valence-corrected chi connectivity index (χ0v) is 15.0. The van der Waals surface area contributed by atoms with Crippen molar-refractivity contribution in [1.82, 2.24) is 0 Å². The Morgan fingerprint density at radius 2 is 1.95 bits per heavy atom. The molecule has 1 fully saturated rings. The predicted molar refractivity (Wildman–Crippen MR) is 81.7 cm³/mol. The lowest BCUT2D eigenvalue weighted by molar-refractivity contribution is -0.154. The van der Waals surface area contributed by atoms with Crippen molar-refractivity contribution in [2.24, 2.45) is 0 Å². The summed E-state index contributed by atoms with van der Waals surface area (Å²) in [5, 5.41) is 0.0774. The van der Waals surface area contributed by atoms with E-state index in [9.17, 15) is 4.79 Å². The molecule has 0 bridgehead atoms. The quantitative estimate of drug-likeness (QED) is 0.338. The Labute approximate surface area is 127 Å². The first-order valence-corrected chi connectivity index (χ1v) is 10.0. The first-order valence-electron chi connectivity index (χ1n) is 7.10. The summed E-state index contributed by atoms with van der Waals surface area (Å²) in [6.45, 7) is 14.5. The molecule has 0 aliphatic carbocycles. The van der Waals surface area contributed by atoms with Crippen LogP contribution < -0.4 is 0 Å². The Kier molecular flexibility index (Phi) is 5.29. The molecule has 0 amide bonds. The summed E-state index contributed by atoms with van der Waals surface area (Å²) in [5.41, 5.74) is 8.51. The first-order chi connectivity index (χ1) is 9.39. The molecular weight excluding hydrogens is 288 g/mol. The van der Waals surface area contributed by atoms with Crippen LogP contribution in [0.2, 0.25) is 18.1 Å². The van der Waals surface area contributed by atoms with E-state index in [1.54, 1.807) is 13.8 Å². The Morgan fingerprint density at radius 1 is 1.38 bits per heavy atom. The predicted octanol–water partition coefficient (Wildman–Crippen LogP) is 2.40. The van der Waals surface area contributed by atoms with Crippen LogP contribution >= 0.6 is 0 Å². The normalized spacial score (nSPS) is 25.5. The molecule has 0 unspecified atom stereocenters. The minimum absolute atomic E-state index is 0.0774. The largest absolute Gasteiger partial charge is 0.414 e. The summed E-state index contributed by atoms with van der Waals surface area (Å²) in [4.78, 5) is 14.7. The Balaban J connectivity index is 2.80. The summed E-state index contributed by atoms with van der Waals surface area (Å²) in [5.74, 6) is -1.28. The molecule has 1 saturated heterocycles. The van der Waals surface area contributed by atoms with E-state index in [0.29, 0.717) is 0 Å². The van der Waals surface area contributed by atoms with Gasteiger partial charge in [-0.1, -0.05) is 20.8 Å². The van der Waals surface area contributed by atoms with E-state index in [1.807, 2.05) is 0 Å². The molecule has 1 heterocycles. The molecular formula is C14H26N2O4Si. The van der Waals surface area contributed by atoms with Gasteiger partial charge < -0.3 is 19.4 Å². The van der Waals surface area contributed by atoms with Crippen LogP contribution in [0, 0.1) is 0 Å². The van der Waals surface area contributed by atoms with Crippen LogP contribution in [0.5, 0.6) is 0 Å². The van der Waals surface area contributed by atoms with Gasteiger partial charge in [-0.15, -0.1) is 0 Å². The summed E-state index contributed by atoms with van der Waals surface area (Å²) in [6, 6.07) is 0. The lowest BCUT2D eigenvalue weighted by Crippen LogP contribution is -2.45. The molecule has 0 aromatic heterocycles. The van der Waals surface area contributed by atoms with Gasteiger partial charge in [0.25, 0.3) is 5.78 Å². The molecule has 0 aromatic rings. The van der Waals surface area contributed by atoms with Crippen molar-refractivity contribution in [2.45, 2.75) is 70.7 Å². The van der Waals surface area contributed by atoms with Gasteiger partial charge in [-0.2, -0.15) is 4.79 Å². The molecule has 0 spiro atoms. The van der Waals surface area contributed by atoms with Crippen LogP contribution in [0.3, 0.4) is 0 Å². The zero-order valence-electron chi connectivity index (χ0n) is 14.0. The van der Waals surface area contributed by atoms with Gasteiger partial charge in [-0.3, -0.25) is 4.79 Å². The van der Waals surface area contributed by atoms with Crippen LogP contribution in [0.4, 0.5) is 0 Å². The number of ketones is 1. The summed E-state index contributed by atoms with van der Waals surface area (Å²) in [6.07, 6.45) is -0.463. The van der Waals surface area contributed by atoms with Crippen LogP contribution in [0.25, 0.3) is 5.53 Å². The van der Waals surface area contributed by atoms with Crippen molar-refractivity contribution >= 4 is 20.3 Å². The monoisotopic (exact) mass is 314 g/mol. The molecule has 2 atom stereocenters. The second kappa shape index (κ2) is 6.10. The average Bonchev–Trinajstić information content (AvgIpc) is 2.61. The molecule has 0 aromatic carbocycles. The fourth-order valence-corrected chi connectivity index (χ4v) is 2.85. The third-order valence-corrected chi connectivity index (χ3v) is 8.56. The number of hydrogen-bond donors (Lipinski definition) is 0. The van der Waals surface area contributed by atoms with Crippen LogP contribution in [0.1, 0.15) is 34.6 Å². The lowest BCUT2D eigenvalue weighted by Gasteiger charge is -2.37. The number of ether oxygens (including phenoxy) is 2. The van der Waals surface area contributed by atoms with E-state index in [4.69, 9.17) is 19.4 Å². The second-order valence-electron chi connectivity index (χ2n) is 7.31. The van der Waals surface area contributed by atoms with Gasteiger partial charge in [0, 0.05) is 0 Å². The Bertz CT molecular complexity index is 450. The van der Waals surface area contributed by atoms with E-state index < -0.39 is 32.1 Å². The van der Waals surface area contributed by atoms with Gasteiger partial charge in [0.15, 0.2) is 20.2 Å².